The number of hydrogen-bond acceptors (Lipinski definition) is 9. The van der Waals surface area contributed by atoms with Gasteiger partial charge in [0.1, 0.15) is 12.6 Å². The number of ether oxygens (including phenoxy) is 2. The van der Waals surface area contributed by atoms with E-state index in [4.69, 9.17) is 24.8 Å². The molecule has 0 fully saturated rings. The minimum atomic E-state index is -4.74. The molecule has 0 spiro atoms. The summed E-state index contributed by atoms with van der Waals surface area (Å²) in [6.07, 6.45) is 48.3. The molecule has 12 heteroatoms. The molecule has 0 radical (unpaired) electrons. The molecule has 0 rings (SSSR count). The van der Waals surface area contributed by atoms with Crippen LogP contribution in [0.15, 0.2) is 72.9 Å². The van der Waals surface area contributed by atoms with Gasteiger partial charge in [-0.05, 0) is 77.0 Å². The van der Waals surface area contributed by atoms with E-state index in [0.717, 1.165) is 51.4 Å². The van der Waals surface area contributed by atoms with Crippen LogP contribution >= 0.6 is 7.82 Å². The minimum absolute atomic E-state index is 0.0339. The SMILES string of the molecule is CCCCC/C=C\C/C=C\C/C=C\C/C=C\C/C=C\CCC(=O)O[C@H](COC(=O)CCCCCCCCC/C=C\CCCCCC)COP(=O)(O)OC[C@H](N)C(=O)O. The number of esters is 2. The second kappa shape index (κ2) is 40.7. The van der Waals surface area contributed by atoms with E-state index in [-0.39, 0.29) is 19.4 Å². The molecule has 0 aliphatic carbocycles. The molecule has 0 aromatic heterocycles. The standard InChI is InChI=1S/C46H78NO10P/c1-3-5-7-9-11-13-15-17-19-20-21-22-24-26-28-30-32-34-36-38-45(49)57-42(40-55-58(52,53)56-41-43(47)46(50)51)39-54-44(48)37-35-33-31-29-27-25-23-18-16-14-12-10-8-6-4-2/h11,13-14,16-17,19,21-22,26,28,32,34,42-43H,3-10,12,15,18,20,23-25,27,29-31,33,35-41,47H2,1-2H3,(H,50,51)(H,52,53)/b13-11-,16-14-,19-17-,22-21-,28-26-,34-32-/t42-,43+/m1/s1. The Balaban J connectivity index is 4.51. The molecule has 0 aromatic carbocycles. The van der Waals surface area contributed by atoms with E-state index in [0.29, 0.717) is 19.3 Å². The smallest absolute Gasteiger partial charge is 0.472 e. The summed E-state index contributed by atoms with van der Waals surface area (Å²) in [5.41, 5.74) is 5.33. The van der Waals surface area contributed by atoms with Crippen LogP contribution in [0, 0.1) is 0 Å². The number of carboxylic acid groups (broad SMARTS) is 1. The van der Waals surface area contributed by atoms with Gasteiger partial charge in [-0.25, -0.2) is 4.57 Å². The molecule has 0 heterocycles. The first-order valence-corrected chi connectivity index (χ1v) is 23.5. The Morgan fingerprint density at radius 1 is 0.534 bits per heavy atom. The largest absolute Gasteiger partial charge is 0.480 e. The Morgan fingerprint density at radius 2 is 0.948 bits per heavy atom. The number of nitrogens with two attached hydrogens (primary N) is 1. The average Bonchev–Trinajstić information content (AvgIpc) is 3.20. The van der Waals surface area contributed by atoms with Crippen molar-refractivity contribution in [3.05, 3.63) is 72.9 Å². The van der Waals surface area contributed by atoms with E-state index in [1.807, 2.05) is 12.2 Å². The first-order chi connectivity index (χ1) is 28.1. The molecule has 58 heavy (non-hydrogen) atoms. The van der Waals surface area contributed by atoms with Crippen LogP contribution in [-0.2, 0) is 37.5 Å². The van der Waals surface area contributed by atoms with Crippen molar-refractivity contribution in [2.45, 2.75) is 180 Å². The van der Waals surface area contributed by atoms with Crippen LogP contribution in [0.1, 0.15) is 168 Å². The molecular weight excluding hydrogens is 757 g/mol. The van der Waals surface area contributed by atoms with E-state index in [9.17, 15) is 23.8 Å². The first kappa shape index (κ1) is 54.9. The molecule has 11 nitrogen and oxygen atoms in total. The molecule has 0 saturated carbocycles. The fourth-order valence-electron chi connectivity index (χ4n) is 5.45. The number of carbonyl (C=O) groups excluding carboxylic acids is 2. The van der Waals surface area contributed by atoms with Gasteiger partial charge in [-0.15, -0.1) is 0 Å². The summed E-state index contributed by atoms with van der Waals surface area (Å²) in [4.78, 5) is 45.9. The molecule has 1 unspecified atom stereocenters. The molecule has 0 aliphatic heterocycles. The summed E-state index contributed by atoms with van der Waals surface area (Å²) >= 11 is 0. The van der Waals surface area contributed by atoms with Crippen molar-refractivity contribution in [1.29, 1.82) is 0 Å². The lowest BCUT2D eigenvalue weighted by atomic mass is 10.1. The monoisotopic (exact) mass is 836 g/mol. The zero-order valence-corrected chi connectivity index (χ0v) is 36.8. The number of phosphoric acid groups is 1. The van der Waals surface area contributed by atoms with Gasteiger partial charge in [0.05, 0.1) is 13.2 Å². The fourth-order valence-corrected chi connectivity index (χ4v) is 6.23. The van der Waals surface area contributed by atoms with E-state index in [2.05, 4.69) is 79.1 Å². The summed E-state index contributed by atoms with van der Waals surface area (Å²) in [6, 6.07) is -1.54. The van der Waals surface area contributed by atoms with Crippen molar-refractivity contribution in [3.8, 4) is 0 Å². The zero-order valence-electron chi connectivity index (χ0n) is 35.9. The lowest BCUT2D eigenvalue weighted by Gasteiger charge is -2.20. The third-order valence-electron chi connectivity index (χ3n) is 8.94. The molecular formula is C46H78NO10P. The molecule has 0 bridgehead atoms. The van der Waals surface area contributed by atoms with Gasteiger partial charge >= 0.3 is 25.7 Å². The van der Waals surface area contributed by atoms with Gasteiger partial charge in [0, 0.05) is 12.8 Å². The number of allylic oxidation sites excluding steroid dienone is 12. The predicted molar refractivity (Wildman–Crippen MR) is 235 cm³/mol. The highest BCUT2D eigenvalue weighted by atomic mass is 31.2. The van der Waals surface area contributed by atoms with Crippen LogP contribution in [0.25, 0.3) is 0 Å². The van der Waals surface area contributed by atoms with E-state index in [1.54, 1.807) is 0 Å². The third kappa shape index (κ3) is 39.7. The maximum atomic E-state index is 12.6. The fraction of sp³-hybridized carbons (Fsp3) is 0.674. The third-order valence-corrected chi connectivity index (χ3v) is 9.89. The molecule has 0 aromatic rings. The Kier molecular flexibility index (Phi) is 38.5. The number of hydrogen-bond donors (Lipinski definition) is 3. The van der Waals surface area contributed by atoms with Crippen molar-refractivity contribution in [2.24, 2.45) is 5.73 Å². The Bertz CT molecular complexity index is 1260. The van der Waals surface area contributed by atoms with Gasteiger partial charge in [0.25, 0.3) is 0 Å². The van der Waals surface area contributed by atoms with Crippen molar-refractivity contribution in [2.75, 3.05) is 19.8 Å². The van der Waals surface area contributed by atoms with Gasteiger partial charge in [-0.3, -0.25) is 23.4 Å². The van der Waals surface area contributed by atoms with E-state index in [1.165, 1.54) is 70.6 Å². The summed E-state index contributed by atoms with van der Waals surface area (Å²) in [7, 11) is -4.74. The number of rotatable bonds is 40. The topological polar surface area (TPSA) is 172 Å². The summed E-state index contributed by atoms with van der Waals surface area (Å²) in [5.74, 6) is -2.50. The highest BCUT2D eigenvalue weighted by molar-refractivity contribution is 7.47. The summed E-state index contributed by atoms with van der Waals surface area (Å²) < 4.78 is 32.6. The van der Waals surface area contributed by atoms with Crippen molar-refractivity contribution in [1.82, 2.24) is 0 Å². The summed E-state index contributed by atoms with van der Waals surface area (Å²) in [6.45, 7) is 2.67. The second-order valence-corrected chi connectivity index (χ2v) is 15.9. The lowest BCUT2D eigenvalue weighted by Crippen LogP contribution is -2.34. The second-order valence-electron chi connectivity index (χ2n) is 14.5. The van der Waals surface area contributed by atoms with Crippen LogP contribution in [0.3, 0.4) is 0 Å². The Hall–Kier alpha value is -3.08. The van der Waals surface area contributed by atoms with Crippen LogP contribution in [0.2, 0.25) is 0 Å². The predicted octanol–water partition coefficient (Wildman–Crippen LogP) is 11.7. The molecule has 0 saturated heterocycles. The highest BCUT2D eigenvalue weighted by Gasteiger charge is 2.28. The van der Waals surface area contributed by atoms with Crippen LogP contribution in [0.4, 0.5) is 0 Å². The van der Waals surface area contributed by atoms with Crippen LogP contribution in [0.5, 0.6) is 0 Å². The highest BCUT2D eigenvalue weighted by Crippen LogP contribution is 2.43. The zero-order chi connectivity index (χ0) is 42.8. The maximum absolute atomic E-state index is 12.6. The van der Waals surface area contributed by atoms with Gasteiger partial charge in [0.2, 0.25) is 0 Å². The van der Waals surface area contributed by atoms with Crippen molar-refractivity contribution >= 4 is 25.7 Å². The van der Waals surface area contributed by atoms with Crippen molar-refractivity contribution < 1.29 is 47.5 Å². The first-order valence-electron chi connectivity index (χ1n) is 22.0. The molecule has 0 amide bonds. The van der Waals surface area contributed by atoms with E-state index >= 15 is 0 Å². The summed E-state index contributed by atoms with van der Waals surface area (Å²) in [5, 5.41) is 8.89. The molecule has 4 N–H and O–H groups in total. The number of phosphoric ester groups is 1. The van der Waals surface area contributed by atoms with Gasteiger partial charge < -0.3 is 25.2 Å². The normalized spacial score (nSPS) is 14.4. The number of aliphatic carboxylic acids is 1. The molecule has 332 valence electrons. The van der Waals surface area contributed by atoms with Crippen molar-refractivity contribution in [3.63, 3.8) is 0 Å². The average molecular weight is 836 g/mol. The number of unbranched alkanes of at least 4 members (excludes halogenated alkanes) is 14. The van der Waals surface area contributed by atoms with Gasteiger partial charge in [-0.1, -0.05) is 151 Å². The number of carbonyl (C=O) groups is 3. The van der Waals surface area contributed by atoms with E-state index < -0.39 is 51.1 Å². The van der Waals surface area contributed by atoms with Crippen LogP contribution in [-0.4, -0.2) is 59.9 Å². The van der Waals surface area contributed by atoms with Gasteiger partial charge in [-0.2, -0.15) is 0 Å². The quantitative estimate of drug-likeness (QED) is 0.0232. The maximum Gasteiger partial charge on any atom is 0.472 e. The Labute approximate surface area is 350 Å². The minimum Gasteiger partial charge on any atom is -0.480 e. The number of carboxylic acids is 1. The van der Waals surface area contributed by atoms with Crippen LogP contribution < -0.4 is 5.73 Å². The molecule has 3 atom stereocenters. The Morgan fingerprint density at radius 3 is 1.48 bits per heavy atom. The molecule has 0 aliphatic rings. The lowest BCUT2D eigenvalue weighted by molar-refractivity contribution is -0.161. The van der Waals surface area contributed by atoms with Gasteiger partial charge in [0.15, 0.2) is 6.10 Å².